The first-order chi connectivity index (χ1) is 7.24. The first-order valence-corrected chi connectivity index (χ1v) is 5.25. The van der Waals surface area contributed by atoms with Gasteiger partial charge in [-0.05, 0) is 38.5 Å². The molecule has 88 valence electrons. The zero-order valence-electron chi connectivity index (χ0n) is 9.60. The van der Waals surface area contributed by atoms with Crippen LogP contribution < -0.4 is 16.8 Å². The number of nitrogens with one attached hydrogen (secondary N) is 1. The molecule has 0 atom stereocenters. The molecule has 5 heteroatoms. The summed E-state index contributed by atoms with van der Waals surface area (Å²) >= 11 is 5.91. The number of rotatable bonds is 3. The number of halogens is 1. The number of nitrogens with two attached hydrogens (primary N) is 2. The Morgan fingerprint density at radius 1 is 1.44 bits per heavy atom. The number of anilines is 2. The van der Waals surface area contributed by atoms with Crippen LogP contribution in [0.5, 0.6) is 0 Å². The van der Waals surface area contributed by atoms with Gasteiger partial charge in [0, 0.05) is 5.69 Å². The van der Waals surface area contributed by atoms with Crippen LogP contribution in [0.2, 0.25) is 5.02 Å². The number of benzene rings is 1. The number of amides is 1. The van der Waals surface area contributed by atoms with Gasteiger partial charge < -0.3 is 16.8 Å². The molecule has 0 aliphatic rings. The summed E-state index contributed by atoms with van der Waals surface area (Å²) in [6.07, 6.45) is 0. The van der Waals surface area contributed by atoms with E-state index in [9.17, 15) is 4.79 Å². The Morgan fingerprint density at radius 3 is 2.50 bits per heavy atom. The molecule has 0 spiro atoms. The van der Waals surface area contributed by atoms with Gasteiger partial charge in [0.15, 0.2) is 0 Å². The van der Waals surface area contributed by atoms with E-state index < -0.39 is 11.4 Å². The predicted octanol–water partition coefficient (Wildman–Crippen LogP) is 1.91. The summed E-state index contributed by atoms with van der Waals surface area (Å²) in [4.78, 5) is 11.2. The van der Waals surface area contributed by atoms with E-state index in [1.807, 2.05) is 6.92 Å². The Balaban J connectivity index is 3.07. The molecule has 0 saturated heterocycles. The minimum Gasteiger partial charge on any atom is -0.398 e. The maximum absolute atomic E-state index is 11.2. The number of carbonyl (C=O) groups excluding carboxylic acids is 1. The second-order valence-electron chi connectivity index (χ2n) is 4.30. The second-order valence-corrected chi connectivity index (χ2v) is 4.71. The van der Waals surface area contributed by atoms with Crippen molar-refractivity contribution in [2.45, 2.75) is 26.3 Å². The summed E-state index contributed by atoms with van der Waals surface area (Å²) < 4.78 is 0. The second kappa shape index (κ2) is 4.22. The van der Waals surface area contributed by atoms with Crippen LogP contribution in [-0.4, -0.2) is 11.4 Å². The number of primary amides is 1. The van der Waals surface area contributed by atoms with Crippen molar-refractivity contribution in [1.82, 2.24) is 0 Å². The summed E-state index contributed by atoms with van der Waals surface area (Å²) in [6.45, 7) is 5.30. The molecule has 0 fully saturated rings. The van der Waals surface area contributed by atoms with E-state index in [0.717, 1.165) is 11.3 Å². The first kappa shape index (κ1) is 12.6. The molecule has 0 radical (unpaired) electrons. The summed E-state index contributed by atoms with van der Waals surface area (Å²) in [6, 6.07) is 3.44. The molecule has 16 heavy (non-hydrogen) atoms. The molecule has 0 bridgehead atoms. The summed E-state index contributed by atoms with van der Waals surface area (Å²) in [5, 5.41) is 3.49. The number of hydrogen-bond donors (Lipinski definition) is 3. The van der Waals surface area contributed by atoms with Crippen LogP contribution in [0.15, 0.2) is 12.1 Å². The van der Waals surface area contributed by atoms with Crippen molar-refractivity contribution in [2.24, 2.45) is 5.73 Å². The minimum atomic E-state index is -0.829. The quantitative estimate of drug-likeness (QED) is 0.707. The van der Waals surface area contributed by atoms with Gasteiger partial charge in [-0.2, -0.15) is 0 Å². The van der Waals surface area contributed by atoms with E-state index in [4.69, 9.17) is 23.1 Å². The van der Waals surface area contributed by atoms with E-state index in [0.29, 0.717) is 10.7 Å². The largest absolute Gasteiger partial charge is 0.398 e. The average Bonchev–Trinajstić information content (AvgIpc) is 2.13. The molecule has 1 aromatic rings. The molecular weight excluding hydrogens is 226 g/mol. The molecule has 4 nitrogen and oxygen atoms in total. The fraction of sp³-hybridized carbons (Fsp3) is 0.364. The Labute approximate surface area is 100.0 Å². The monoisotopic (exact) mass is 241 g/mol. The van der Waals surface area contributed by atoms with Gasteiger partial charge >= 0.3 is 0 Å². The molecule has 0 aliphatic carbocycles. The highest BCUT2D eigenvalue weighted by atomic mass is 35.5. The summed E-state index contributed by atoms with van der Waals surface area (Å²) in [5.74, 6) is -0.431. The molecule has 5 N–H and O–H groups in total. The highest BCUT2D eigenvalue weighted by Crippen LogP contribution is 2.28. The Bertz CT molecular complexity index is 429. The fourth-order valence-electron chi connectivity index (χ4n) is 1.24. The topological polar surface area (TPSA) is 81.1 Å². The van der Waals surface area contributed by atoms with Crippen molar-refractivity contribution in [3.8, 4) is 0 Å². The molecule has 1 aromatic carbocycles. The summed E-state index contributed by atoms with van der Waals surface area (Å²) in [7, 11) is 0. The molecule has 0 heterocycles. The van der Waals surface area contributed by atoms with Crippen molar-refractivity contribution in [1.29, 1.82) is 0 Å². The van der Waals surface area contributed by atoms with E-state index in [2.05, 4.69) is 5.32 Å². The van der Waals surface area contributed by atoms with Gasteiger partial charge in [-0.1, -0.05) is 11.6 Å². The zero-order chi connectivity index (χ0) is 12.5. The lowest BCUT2D eigenvalue weighted by Gasteiger charge is -2.25. The van der Waals surface area contributed by atoms with Crippen molar-refractivity contribution < 1.29 is 4.79 Å². The lowest BCUT2D eigenvalue weighted by atomic mass is 10.0. The summed E-state index contributed by atoms with van der Waals surface area (Å²) in [5.41, 5.74) is 12.3. The molecule has 0 aliphatic heterocycles. The van der Waals surface area contributed by atoms with Crippen LogP contribution in [-0.2, 0) is 4.79 Å². The third-order valence-electron chi connectivity index (χ3n) is 2.41. The van der Waals surface area contributed by atoms with E-state index in [-0.39, 0.29) is 0 Å². The van der Waals surface area contributed by atoms with Crippen LogP contribution in [0.3, 0.4) is 0 Å². The molecule has 0 saturated carbocycles. The smallest absolute Gasteiger partial charge is 0.242 e. The highest BCUT2D eigenvalue weighted by molar-refractivity contribution is 6.33. The fourth-order valence-corrected chi connectivity index (χ4v) is 1.40. The zero-order valence-corrected chi connectivity index (χ0v) is 10.4. The number of hydrogen-bond acceptors (Lipinski definition) is 3. The van der Waals surface area contributed by atoms with Crippen LogP contribution in [0.1, 0.15) is 19.4 Å². The Hall–Kier alpha value is -1.42. The van der Waals surface area contributed by atoms with Crippen molar-refractivity contribution in [3.63, 3.8) is 0 Å². The van der Waals surface area contributed by atoms with Gasteiger partial charge in [-0.15, -0.1) is 0 Å². The van der Waals surface area contributed by atoms with Crippen LogP contribution >= 0.6 is 11.6 Å². The lowest BCUT2D eigenvalue weighted by molar-refractivity contribution is -0.121. The third kappa shape index (κ3) is 2.58. The normalized spacial score (nSPS) is 11.2. The first-order valence-electron chi connectivity index (χ1n) is 4.88. The molecule has 1 rings (SSSR count). The Kier molecular flexibility index (Phi) is 3.33. The minimum absolute atomic E-state index is 0.431. The average molecular weight is 242 g/mol. The van der Waals surface area contributed by atoms with E-state index in [1.54, 1.807) is 26.0 Å². The number of nitrogen functional groups attached to an aromatic ring is 1. The van der Waals surface area contributed by atoms with Crippen LogP contribution in [0, 0.1) is 6.92 Å². The van der Waals surface area contributed by atoms with Crippen LogP contribution in [0.25, 0.3) is 0 Å². The van der Waals surface area contributed by atoms with Gasteiger partial charge in [0.25, 0.3) is 0 Å². The molecular formula is C11H16ClN3O. The van der Waals surface area contributed by atoms with Crippen molar-refractivity contribution >= 4 is 28.9 Å². The highest BCUT2D eigenvalue weighted by Gasteiger charge is 2.25. The molecule has 1 amide bonds. The predicted molar refractivity (Wildman–Crippen MR) is 67.5 cm³/mol. The van der Waals surface area contributed by atoms with Gasteiger partial charge in [0.2, 0.25) is 5.91 Å². The lowest BCUT2D eigenvalue weighted by Crippen LogP contribution is -2.45. The number of carbonyl (C=O) groups is 1. The number of aryl methyl sites for hydroxylation is 1. The maximum atomic E-state index is 11.2. The van der Waals surface area contributed by atoms with Crippen molar-refractivity contribution in [2.75, 3.05) is 11.1 Å². The van der Waals surface area contributed by atoms with Gasteiger partial charge in [0.1, 0.15) is 5.54 Å². The van der Waals surface area contributed by atoms with E-state index in [1.165, 1.54) is 0 Å². The third-order valence-corrected chi connectivity index (χ3v) is 2.73. The van der Waals surface area contributed by atoms with Gasteiger partial charge in [-0.25, -0.2) is 0 Å². The van der Waals surface area contributed by atoms with E-state index >= 15 is 0 Å². The molecule has 0 unspecified atom stereocenters. The standard InChI is InChI=1S/C11H16ClN3O/c1-6-4-8(13)7(12)5-9(6)15-11(2,3)10(14)16/h4-5,15H,13H2,1-3H3,(H2,14,16). The maximum Gasteiger partial charge on any atom is 0.242 e. The Morgan fingerprint density at radius 2 is 2.00 bits per heavy atom. The van der Waals surface area contributed by atoms with Crippen LogP contribution in [0.4, 0.5) is 11.4 Å². The van der Waals surface area contributed by atoms with Crippen molar-refractivity contribution in [3.05, 3.63) is 22.7 Å². The van der Waals surface area contributed by atoms with Gasteiger partial charge in [-0.3, -0.25) is 4.79 Å². The SMILES string of the molecule is Cc1cc(N)c(Cl)cc1NC(C)(C)C(N)=O. The van der Waals surface area contributed by atoms with Gasteiger partial charge in [0.05, 0.1) is 10.7 Å². The molecule has 0 aromatic heterocycles.